The van der Waals surface area contributed by atoms with Gasteiger partial charge in [-0.3, -0.25) is 4.79 Å². The van der Waals surface area contributed by atoms with Gasteiger partial charge in [-0.2, -0.15) is 0 Å². The number of benzene rings is 1. The highest BCUT2D eigenvalue weighted by molar-refractivity contribution is 5.83. The first-order valence-electron chi connectivity index (χ1n) is 6.46. The predicted molar refractivity (Wildman–Crippen MR) is 65.2 cm³/mol. The van der Waals surface area contributed by atoms with Crippen molar-refractivity contribution in [2.24, 2.45) is 0 Å². The van der Waals surface area contributed by atoms with Crippen molar-refractivity contribution in [1.82, 2.24) is 0 Å². The highest BCUT2D eigenvalue weighted by Gasteiger charge is 2.48. The molecule has 1 aliphatic heterocycles. The third-order valence-electron chi connectivity index (χ3n) is 3.97. The van der Waals surface area contributed by atoms with E-state index >= 15 is 0 Å². The summed E-state index contributed by atoms with van der Waals surface area (Å²) in [7, 11) is 0. The lowest BCUT2D eigenvalue weighted by molar-refractivity contribution is -0.147. The van der Waals surface area contributed by atoms with E-state index in [4.69, 9.17) is 9.47 Å². The minimum atomic E-state index is -1.09. The van der Waals surface area contributed by atoms with Gasteiger partial charge in [-0.25, -0.2) is 4.39 Å². The average Bonchev–Trinajstić information content (AvgIpc) is 2.52. The zero-order chi connectivity index (χ0) is 13.5. The van der Waals surface area contributed by atoms with Crippen LogP contribution in [0.3, 0.4) is 0 Å². The Kier molecular flexibility index (Phi) is 2.84. The molecule has 1 aliphatic carbocycles. The van der Waals surface area contributed by atoms with Gasteiger partial charge in [0.25, 0.3) is 0 Å². The van der Waals surface area contributed by atoms with E-state index in [1.165, 1.54) is 12.1 Å². The highest BCUT2D eigenvalue weighted by Crippen LogP contribution is 2.47. The van der Waals surface area contributed by atoms with E-state index in [0.29, 0.717) is 37.6 Å². The number of carboxylic acids is 1. The monoisotopic (exact) mass is 266 g/mol. The van der Waals surface area contributed by atoms with Gasteiger partial charge in [0, 0.05) is 18.1 Å². The topological polar surface area (TPSA) is 55.8 Å². The first kappa shape index (κ1) is 12.3. The van der Waals surface area contributed by atoms with E-state index in [0.717, 1.165) is 12.8 Å². The van der Waals surface area contributed by atoms with Crippen LogP contribution in [0.1, 0.15) is 31.2 Å². The molecule has 0 amide bonds. The second kappa shape index (κ2) is 4.40. The molecule has 0 radical (unpaired) electrons. The molecule has 1 heterocycles. The average molecular weight is 266 g/mol. The van der Waals surface area contributed by atoms with Crippen molar-refractivity contribution in [3.05, 3.63) is 23.5 Å². The molecule has 0 unspecified atom stereocenters. The molecule has 1 N–H and O–H groups in total. The molecular weight excluding hydrogens is 251 g/mol. The van der Waals surface area contributed by atoms with Crippen molar-refractivity contribution in [3.63, 3.8) is 0 Å². The van der Waals surface area contributed by atoms with E-state index < -0.39 is 17.2 Å². The SMILES string of the molecule is O=C(O)C1(c2cc3c(cc2F)OCCCO3)CCC1. The minimum Gasteiger partial charge on any atom is -0.490 e. The number of hydrogen-bond donors (Lipinski definition) is 1. The van der Waals surface area contributed by atoms with E-state index in [1.54, 1.807) is 0 Å². The van der Waals surface area contributed by atoms with Crippen LogP contribution < -0.4 is 9.47 Å². The summed E-state index contributed by atoms with van der Waals surface area (Å²) in [5, 5.41) is 9.38. The normalized spacial score (nSPS) is 20.3. The van der Waals surface area contributed by atoms with Crippen LogP contribution in [-0.4, -0.2) is 24.3 Å². The Labute approximate surface area is 110 Å². The summed E-state index contributed by atoms with van der Waals surface area (Å²) in [5.74, 6) is -0.682. The van der Waals surface area contributed by atoms with E-state index in [9.17, 15) is 14.3 Å². The van der Waals surface area contributed by atoms with Gasteiger partial charge in [-0.15, -0.1) is 0 Å². The molecule has 1 aromatic carbocycles. The number of rotatable bonds is 2. The van der Waals surface area contributed by atoms with Crippen molar-refractivity contribution in [1.29, 1.82) is 0 Å². The molecule has 102 valence electrons. The molecule has 4 nitrogen and oxygen atoms in total. The molecule has 3 rings (SSSR count). The van der Waals surface area contributed by atoms with Crippen LogP contribution in [0.15, 0.2) is 12.1 Å². The number of aliphatic carboxylic acids is 1. The quantitative estimate of drug-likeness (QED) is 0.893. The van der Waals surface area contributed by atoms with Gasteiger partial charge in [-0.05, 0) is 18.9 Å². The van der Waals surface area contributed by atoms with Gasteiger partial charge in [0.05, 0.1) is 18.6 Å². The third-order valence-corrected chi connectivity index (χ3v) is 3.97. The maximum atomic E-state index is 14.2. The van der Waals surface area contributed by atoms with Crippen LogP contribution in [0.25, 0.3) is 0 Å². The van der Waals surface area contributed by atoms with Crippen LogP contribution in [0, 0.1) is 5.82 Å². The zero-order valence-electron chi connectivity index (χ0n) is 10.4. The number of carboxylic acid groups (broad SMARTS) is 1. The van der Waals surface area contributed by atoms with Crippen molar-refractivity contribution in [2.75, 3.05) is 13.2 Å². The molecule has 0 bridgehead atoms. The molecule has 1 aromatic rings. The standard InChI is InChI=1S/C14H15FO4/c15-10-8-12-11(18-5-2-6-19-12)7-9(10)14(13(16)17)3-1-4-14/h7-8H,1-6H2,(H,16,17). The Bertz CT molecular complexity index is 522. The van der Waals surface area contributed by atoms with Gasteiger partial charge in [0.15, 0.2) is 11.5 Å². The van der Waals surface area contributed by atoms with Gasteiger partial charge in [-0.1, -0.05) is 6.42 Å². The van der Waals surface area contributed by atoms with Crippen molar-refractivity contribution in [3.8, 4) is 11.5 Å². The Hall–Kier alpha value is -1.78. The first-order chi connectivity index (χ1) is 9.13. The minimum absolute atomic E-state index is 0.218. The maximum Gasteiger partial charge on any atom is 0.314 e. The number of hydrogen-bond acceptors (Lipinski definition) is 3. The van der Waals surface area contributed by atoms with Crippen LogP contribution in [0.5, 0.6) is 11.5 Å². The molecular formula is C14H15FO4. The van der Waals surface area contributed by atoms with Crippen LogP contribution in [0.4, 0.5) is 4.39 Å². The first-order valence-corrected chi connectivity index (χ1v) is 6.46. The zero-order valence-corrected chi connectivity index (χ0v) is 10.4. The summed E-state index contributed by atoms with van der Waals surface area (Å²) < 4.78 is 25.1. The lowest BCUT2D eigenvalue weighted by Crippen LogP contribution is -2.43. The van der Waals surface area contributed by atoms with Crippen molar-refractivity contribution < 1.29 is 23.8 Å². The number of halogens is 1. The Morgan fingerprint density at radius 2 is 1.79 bits per heavy atom. The van der Waals surface area contributed by atoms with Crippen LogP contribution >= 0.6 is 0 Å². The van der Waals surface area contributed by atoms with E-state index in [2.05, 4.69) is 0 Å². The van der Waals surface area contributed by atoms with Gasteiger partial charge in [0.1, 0.15) is 5.82 Å². The fourth-order valence-electron chi connectivity index (χ4n) is 2.68. The van der Waals surface area contributed by atoms with Crippen molar-refractivity contribution in [2.45, 2.75) is 31.1 Å². The number of fused-ring (bicyclic) bond motifs is 1. The molecule has 0 spiro atoms. The fourth-order valence-corrected chi connectivity index (χ4v) is 2.68. The summed E-state index contributed by atoms with van der Waals surface area (Å²) in [6, 6.07) is 2.75. The largest absolute Gasteiger partial charge is 0.490 e. The summed E-state index contributed by atoms with van der Waals surface area (Å²) in [6.45, 7) is 0.980. The highest BCUT2D eigenvalue weighted by atomic mass is 19.1. The molecule has 2 aliphatic rings. The number of ether oxygens (including phenoxy) is 2. The second-order valence-electron chi connectivity index (χ2n) is 5.07. The lowest BCUT2D eigenvalue weighted by Gasteiger charge is -2.38. The maximum absolute atomic E-state index is 14.2. The van der Waals surface area contributed by atoms with Crippen LogP contribution in [-0.2, 0) is 10.2 Å². The van der Waals surface area contributed by atoms with Gasteiger partial charge >= 0.3 is 5.97 Å². The molecule has 0 aromatic heterocycles. The fraction of sp³-hybridized carbons (Fsp3) is 0.500. The Balaban J connectivity index is 2.07. The third kappa shape index (κ3) is 1.84. The molecule has 0 atom stereocenters. The second-order valence-corrected chi connectivity index (χ2v) is 5.07. The lowest BCUT2D eigenvalue weighted by atomic mass is 9.64. The van der Waals surface area contributed by atoms with Gasteiger partial charge < -0.3 is 14.6 Å². The molecule has 0 saturated heterocycles. The smallest absolute Gasteiger partial charge is 0.314 e. The van der Waals surface area contributed by atoms with E-state index in [-0.39, 0.29) is 5.56 Å². The summed E-state index contributed by atoms with van der Waals surface area (Å²) in [5.41, 5.74) is -0.870. The molecule has 5 heteroatoms. The van der Waals surface area contributed by atoms with Gasteiger partial charge in [0.2, 0.25) is 0 Å². The summed E-state index contributed by atoms with van der Waals surface area (Å²) >= 11 is 0. The molecule has 19 heavy (non-hydrogen) atoms. The molecule has 1 saturated carbocycles. The Morgan fingerprint density at radius 3 is 2.32 bits per heavy atom. The number of carbonyl (C=O) groups is 1. The Morgan fingerprint density at radius 1 is 1.16 bits per heavy atom. The van der Waals surface area contributed by atoms with Crippen LogP contribution in [0.2, 0.25) is 0 Å². The molecule has 1 fully saturated rings. The van der Waals surface area contributed by atoms with Crippen molar-refractivity contribution >= 4 is 5.97 Å². The summed E-state index contributed by atoms with van der Waals surface area (Å²) in [6.07, 6.45) is 2.48. The predicted octanol–water partition coefficient (Wildman–Crippen LogP) is 2.49. The summed E-state index contributed by atoms with van der Waals surface area (Å²) in [4.78, 5) is 11.5. The van der Waals surface area contributed by atoms with E-state index in [1.807, 2.05) is 0 Å².